The Labute approximate surface area is 62.4 Å². The molecule has 2 nitrogen and oxygen atoms in total. The molecule has 1 saturated heterocycles. The minimum absolute atomic E-state index is 0.793. The molecule has 2 heteroatoms. The molecule has 1 heterocycles. The topological polar surface area (TPSA) is 24.1 Å². The molecular weight excluding hydrogens is 124 g/mol. The fraction of sp³-hybridized carbons (Fsp3) is 1.00. The van der Waals surface area contributed by atoms with Gasteiger partial charge in [-0.05, 0) is 12.3 Å². The van der Waals surface area contributed by atoms with Gasteiger partial charge in [0.2, 0.25) is 0 Å². The molecule has 2 rings (SSSR count). The van der Waals surface area contributed by atoms with Gasteiger partial charge >= 0.3 is 0 Å². The third-order valence-corrected chi connectivity index (χ3v) is 2.68. The third kappa shape index (κ3) is 1.18. The standard InChI is InChI=1S/C8H16N2/c1-2-6-3-8(6)10-7-4-9-5-7/h6-10H,2-5H2,1H3. The van der Waals surface area contributed by atoms with Crippen molar-refractivity contribution in [2.24, 2.45) is 5.92 Å². The van der Waals surface area contributed by atoms with Crippen LogP contribution in [0.15, 0.2) is 0 Å². The second-order valence-electron chi connectivity index (χ2n) is 3.53. The Bertz CT molecular complexity index is 120. The Morgan fingerprint density at radius 3 is 2.70 bits per heavy atom. The zero-order valence-corrected chi connectivity index (χ0v) is 6.56. The second-order valence-corrected chi connectivity index (χ2v) is 3.53. The van der Waals surface area contributed by atoms with E-state index in [1.807, 2.05) is 0 Å². The largest absolute Gasteiger partial charge is 0.314 e. The lowest BCUT2D eigenvalue weighted by atomic mass is 10.2. The molecular formula is C8H16N2. The summed E-state index contributed by atoms with van der Waals surface area (Å²) in [4.78, 5) is 0. The highest BCUT2D eigenvalue weighted by Crippen LogP contribution is 2.33. The molecule has 1 aliphatic heterocycles. The average Bonchev–Trinajstić information content (AvgIpc) is 2.57. The molecule has 0 spiro atoms. The number of rotatable bonds is 3. The van der Waals surface area contributed by atoms with E-state index in [9.17, 15) is 0 Å². The van der Waals surface area contributed by atoms with Gasteiger partial charge in [0, 0.05) is 25.2 Å². The summed E-state index contributed by atoms with van der Waals surface area (Å²) in [6, 6.07) is 1.67. The monoisotopic (exact) mass is 140 g/mol. The molecule has 2 N–H and O–H groups in total. The Kier molecular flexibility index (Phi) is 1.66. The molecule has 1 saturated carbocycles. The van der Waals surface area contributed by atoms with Crippen molar-refractivity contribution in [1.82, 2.24) is 10.6 Å². The summed E-state index contributed by atoms with van der Waals surface area (Å²) in [5, 5.41) is 6.89. The highest BCUT2D eigenvalue weighted by molar-refractivity contribution is 4.96. The van der Waals surface area contributed by atoms with E-state index in [-0.39, 0.29) is 0 Å². The van der Waals surface area contributed by atoms with Crippen LogP contribution in [-0.2, 0) is 0 Å². The molecule has 0 aromatic rings. The predicted octanol–water partition coefficient (Wildman–Crippen LogP) is 0.346. The lowest BCUT2D eigenvalue weighted by Crippen LogP contribution is -2.56. The van der Waals surface area contributed by atoms with Gasteiger partial charge in [-0.2, -0.15) is 0 Å². The van der Waals surface area contributed by atoms with Crippen molar-refractivity contribution < 1.29 is 0 Å². The summed E-state index contributed by atoms with van der Waals surface area (Å²) in [6.07, 6.45) is 2.78. The van der Waals surface area contributed by atoms with Crippen LogP contribution in [0, 0.1) is 5.92 Å². The van der Waals surface area contributed by atoms with Crippen molar-refractivity contribution in [3.63, 3.8) is 0 Å². The second kappa shape index (κ2) is 2.51. The van der Waals surface area contributed by atoms with Gasteiger partial charge in [0.15, 0.2) is 0 Å². The van der Waals surface area contributed by atoms with Crippen LogP contribution in [-0.4, -0.2) is 25.2 Å². The van der Waals surface area contributed by atoms with E-state index in [0.29, 0.717) is 0 Å². The smallest absolute Gasteiger partial charge is 0.0320 e. The van der Waals surface area contributed by atoms with Crippen molar-refractivity contribution in [1.29, 1.82) is 0 Å². The zero-order valence-electron chi connectivity index (χ0n) is 6.56. The van der Waals surface area contributed by atoms with Gasteiger partial charge in [0.1, 0.15) is 0 Å². The van der Waals surface area contributed by atoms with Crippen LogP contribution in [0.3, 0.4) is 0 Å². The van der Waals surface area contributed by atoms with Crippen molar-refractivity contribution in [2.75, 3.05) is 13.1 Å². The van der Waals surface area contributed by atoms with Gasteiger partial charge in [-0.15, -0.1) is 0 Å². The Morgan fingerprint density at radius 2 is 2.30 bits per heavy atom. The van der Waals surface area contributed by atoms with E-state index in [1.165, 1.54) is 25.9 Å². The molecule has 0 bridgehead atoms. The Balaban J connectivity index is 1.63. The van der Waals surface area contributed by atoms with Crippen molar-refractivity contribution in [3.05, 3.63) is 0 Å². The minimum Gasteiger partial charge on any atom is -0.314 e. The maximum absolute atomic E-state index is 3.63. The molecule has 2 fully saturated rings. The normalized spacial score (nSPS) is 39.3. The quantitative estimate of drug-likeness (QED) is 0.591. The number of nitrogens with one attached hydrogen (secondary N) is 2. The predicted molar refractivity (Wildman–Crippen MR) is 42.0 cm³/mol. The molecule has 0 radical (unpaired) electrons. The average molecular weight is 140 g/mol. The van der Waals surface area contributed by atoms with Crippen LogP contribution < -0.4 is 10.6 Å². The number of hydrogen-bond acceptors (Lipinski definition) is 2. The van der Waals surface area contributed by atoms with E-state index in [0.717, 1.165) is 18.0 Å². The zero-order chi connectivity index (χ0) is 6.97. The highest BCUT2D eigenvalue weighted by atomic mass is 15.1. The summed E-state index contributed by atoms with van der Waals surface area (Å²) < 4.78 is 0. The van der Waals surface area contributed by atoms with Crippen LogP contribution >= 0.6 is 0 Å². The number of hydrogen-bond donors (Lipinski definition) is 2. The minimum atomic E-state index is 0.793. The molecule has 0 aromatic carbocycles. The van der Waals surface area contributed by atoms with Crippen LogP contribution in [0.5, 0.6) is 0 Å². The third-order valence-electron chi connectivity index (χ3n) is 2.68. The highest BCUT2D eigenvalue weighted by Gasteiger charge is 2.37. The van der Waals surface area contributed by atoms with Crippen molar-refractivity contribution in [2.45, 2.75) is 31.8 Å². The first kappa shape index (κ1) is 6.62. The van der Waals surface area contributed by atoms with Crippen molar-refractivity contribution >= 4 is 0 Å². The fourth-order valence-corrected chi connectivity index (χ4v) is 1.61. The first-order valence-electron chi connectivity index (χ1n) is 4.37. The summed E-state index contributed by atoms with van der Waals surface area (Å²) in [5.41, 5.74) is 0. The SMILES string of the molecule is CCC1CC1NC1CNC1. The van der Waals surface area contributed by atoms with Gasteiger partial charge in [0.25, 0.3) is 0 Å². The van der Waals surface area contributed by atoms with E-state index < -0.39 is 0 Å². The molecule has 2 atom stereocenters. The van der Waals surface area contributed by atoms with Crippen LogP contribution in [0.4, 0.5) is 0 Å². The van der Waals surface area contributed by atoms with Crippen molar-refractivity contribution in [3.8, 4) is 0 Å². The van der Waals surface area contributed by atoms with E-state index >= 15 is 0 Å². The summed E-state index contributed by atoms with van der Waals surface area (Å²) in [6.45, 7) is 4.66. The van der Waals surface area contributed by atoms with Crippen LogP contribution in [0.25, 0.3) is 0 Å². The molecule has 58 valence electrons. The van der Waals surface area contributed by atoms with Crippen LogP contribution in [0.1, 0.15) is 19.8 Å². The molecule has 0 amide bonds. The van der Waals surface area contributed by atoms with Gasteiger partial charge in [-0.1, -0.05) is 13.3 Å². The molecule has 0 aromatic heterocycles. The maximum atomic E-state index is 3.63. The first-order chi connectivity index (χ1) is 4.90. The van der Waals surface area contributed by atoms with Gasteiger partial charge in [-0.3, -0.25) is 0 Å². The molecule has 2 unspecified atom stereocenters. The molecule has 2 aliphatic rings. The molecule has 1 aliphatic carbocycles. The Morgan fingerprint density at radius 1 is 1.50 bits per heavy atom. The Hall–Kier alpha value is -0.0800. The van der Waals surface area contributed by atoms with E-state index in [4.69, 9.17) is 0 Å². The van der Waals surface area contributed by atoms with E-state index in [1.54, 1.807) is 0 Å². The van der Waals surface area contributed by atoms with Crippen LogP contribution in [0.2, 0.25) is 0 Å². The molecule has 10 heavy (non-hydrogen) atoms. The van der Waals surface area contributed by atoms with Gasteiger partial charge in [0.05, 0.1) is 0 Å². The first-order valence-corrected chi connectivity index (χ1v) is 4.37. The fourth-order valence-electron chi connectivity index (χ4n) is 1.61. The van der Waals surface area contributed by atoms with Gasteiger partial charge < -0.3 is 10.6 Å². The van der Waals surface area contributed by atoms with E-state index in [2.05, 4.69) is 17.6 Å². The summed E-state index contributed by atoms with van der Waals surface area (Å²) in [7, 11) is 0. The lowest BCUT2D eigenvalue weighted by molar-refractivity contribution is 0.357. The maximum Gasteiger partial charge on any atom is 0.0320 e. The summed E-state index contributed by atoms with van der Waals surface area (Å²) >= 11 is 0. The van der Waals surface area contributed by atoms with Gasteiger partial charge in [-0.25, -0.2) is 0 Å². The lowest BCUT2D eigenvalue weighted by Gasteiger charge is -2.28. The summed E-state index contributed by atoms with van der Waals surface area (Å²) in [5.74, 6) is 1.00.